The molecule has 0 spiro atoms. The zero-order chi connectivity index (χ0) is 18.5. The topological polar surface area (TPSA) is 42.4 Å². The summed E-state index contributed by atoms with van der Waals surface area (Å²) in [5, 5.41) is 2.95. The van der Waals surface area contributed by atoms with Gasteiger partial charge in [0.1, 0.15) is 10.8 Å². The second-order valence-corrected chi connectivity index (χ2v) is 7.97. The normalized spacial score (nSPS) is 20.0. The van der Waals surface area contributed by atoms with Gasteiger partial charge in [-0.05, 0) is 49.9 Å². The molecule has 1 saturated carbocycles. The smallest absolute Gasteiger partial charge is 0.228 e. The van der Waals surface area contributed by atoms with Crippen molar-refractivity contribution in [2.45, 2.75) is 52.0 Å². The number of carbonyl (C=O) groups excluding carboxylic acids is 1. The SMILES string of the molecule is CCOc1ccc(-c2nc(CC(=O)N(C)C3CCCCC3C)cs2)cc1. The van der Waals surface area contributed by atoms with Crippen molar-refractivity contribution in [2.24, 2.45) is 5.92 Å². The van der Waals surface area contributed by atoms with Crippen molar-refractivity contribution in [3.8, 4) is 16.3 Å². The summed E-state index contributed by atoms with van der Waals surface area (Å²) >= 11 is 1.59. The average Bonchev–Trinajstić information content (AvgIpc) is 3.11. The van der Waals surface area contributed by atoms with Crippen LogP contribution in [0.15, 0.2) is 29.6 Å². The molecule has 0 N–H and O–H groups in total. The molecule has 2 unspecified atom stereocenters. The van der Waals surface area contributed by atoms with E-state index < -0.39 is 0 Å². The maximum absolute atomic E-state index is 12.7. The van der Waals surface area contributed by atoms with Crippen LogP contribution in [0.2, 0.25) is 0 Å². The van der Waals surface area contributed by atoms with E-state index in [0.717, 1.165) is 28.4 Å². The van der Waals surface area contributed by atoms with E-state index in [9.17, 15) is 4.79 Å². The highest BCUT2D eigenvalue weighted by molar-refractivity contribution is 7.13. The minimum absolute atomic E-state index is 0.173. The Kier molecular flexibility index (Phi) is 6.30. The Balaban J connectivity index is 1.63. The van der Waals surface area contributed by atoms with Crippen LogP contribution >= 0.6 is 11.3 Å². The van der Waals surface area contributed by atoms with Crippen LogP contribution in [0, 0.1) is 5.92 Å². The van der Waals surface area contributed by atoms with Gasteiger partial charge in [0, 0.05) is 24.0 Å². The number of rotatable bonds is 6. The second-order valence-electron chi connectivity index (χ2n) is 7.11. The molecule has 0 radical (unpaired) electrons. The molecule has 0 aliphatic heterocycles. The first-order valence-corrected chi connectivity index (χ1v) is 10.4. The first-order chi connectivity index (χ1) is 12.6. The van der Waals surface area contributed by atoms with Crippen LogP contribution in [-0.2, 0) is 11.2 Å². The molecule has 1 aliphatic rings. The summed E-state index contributed by atoms with van der Waals surface area (Å²) in [4.78, 5) is 19.3. The molecule has 3 rings (SSSR count). The molecule has 1 aromatic heterocycles. The summed E-state index contributed by atoms with van der Waals surface area (Å²) in [5.41, 5.74) is 1.92. The maximum Gasteiger partial charge on any atom is 0.228 e. The Morgan fingerprint density at radius 1 is 1.27 bits per heavy atom. The molecule has 1 heterocycles. The summed E-state index contributed by atoms with van der Waals surface area (Å²) < 4.78 is 5.48. The number of amides is 1. The third-order valence-corrected chi connectivity index (χ3v) is 6.19. The van der Waals surface area contributed by atoms with E-state index in [4.69, 9.17) is 4.74 Å². The maximum atomic E-state index is 12.7. The molecule has 1 fully saturated rings. The van der Waals surface area contributed by atoms with Crippen LogP contribution in [0.1, 0.15) is 45.2 Å². The molecule has 2 aromatic rings. The van der Waals surface area contributed by atoms with Gasteiger partial charge in [0.25, 0.3) is 0 Å². The summed E-state index contributed by atoms with van der Waals surface area (Å²) in [5.74, 6) is 1.63. The highest BCUT2D eigenvalue weighted by atomic mass is 32.1. The van der Waals surface area contributed by atoms with E-state index in [2.05, 4.69) is 11.9 Å². The zero-order valence-electron chi connectivity index (χ0n) is 15.9. The van der Waals surface area contributed by atoms with E-state index in [0.29, 0.717) is 25.0 Å². The zero-order valence-corrected chi connectivity index (χ0v) is 16.7. The number of hydrogen-bond acceptors (Lipinski definition) is 4. The molecule has 5 heteroatoms. The van der Waals surface area contributed by atoms with Gasteiger partial charge in [-0.3, -0.25) is 4.79 Å². The summed E-state index contributed by atoms with van der Waals surface area (Å²) in [6.45, 7) is 4.90. The van der Waals surface area contributed by atoms with Crippen LogP contribution < -0.4 is 4.74 Å². The lowest BCUT2D eigenvalue weighted by Crippen LogP contribution is -2.43. The lowest BCUT2D eigenvalue weighted by atomic mass is 9.85. The van der Waals surface area contributed by atoms with Gasteiger partial charge < -0.3 is 9.64 Å². The summed E-state index contributed by atoms with van der Waals surface area (Å²) in [6, 6.07) is 8.34. The molecular formula is C21H28N2O2S. The van der Waals surface area contributed by atoms with Gasteiger partial charge in [-0.1, -0.05) is 19.8 Å². The van der Waals surface area contributed by atoms with Gasteiger partial charge in [-0.15, -0.1) is 11.3 Å². The van der Waals surface area contributed by atoms with Crippen molar-refractivity contribution in [3.05, 3.63) is 35.3 Å². The van der Waals surface area contributed by atoms with Gasteiger partial charge in [0.15, 0.2) is 0 Å². The monoisotopic (exact) mass is 372 g/mol. The Morgan fingerprint density at radius 3 is 2.69 bits per heavy atom. The lowest BCUT2D eigenvalue weighted by molar-refractivity contribution is -0.132. The number of thiazole rings is 1. The Morgan fingerprint density at radius 2 is 2.00 bits per heavy atom. The number of nitrogens with zero attached hydrogens (tertiary/aromatic N) is 2. The minimum Gasteiger partial charge on any atom is -0.494 e. The van der Waals surface area contributed by atoms with Gasteiger partial charge in [-0.25, -0.2) is 4.98 Å². The fourth-order valence-electron chi connectivity index (χ4n) is 3.72. The Bertz CT molecular complexity index is 726. The van der Waals surface area contributed by atoms with Crippen LogP contribution in [0.3, 0.4) is 0 Å². The van der Waals surface area contributed by atoms with Gasteiger partial charge >= 0.3 is 0 Å². The molecule has 0 saturated heterocycles. The first kappa shape index (κ1) is 18.9. The fourth-order valence-corrected chi connectivity index (χ4v) is 4.54. The van der Waals surface area contributed by atoms with E-state index in [-0.39, 0.29) is 5.91 Å². The van der Waals surface area contributed by atoms with Crippen molar-refractivity contribution >= 4 is 17.2 Å². The lowest BCUT2D eigenvalue weighted by Gasteiger charge is -2.36. The second kappa shape index (κ2) is 8.67. The average molecular weight is 373 g/mol. The number of hydrogen-bond donors (Lipinski definition) is 0. The van der Waals surface area contributed by atoms with Crippen LogP contribution in [-0.4, -0.2) is 35.5 Å². The third-order valence-electron chi connectivity index (χ3n) is 5.25. The number of ether oxygens (including phenoxy) is 1. The molecule has 1 amide bonds. The predicted molar refractivity (Wildman–Crippen MR) is 107 cm³/mol. The quantitative estimate of drug-likeness (QED) is 0.732. The minimum atomic E-state index is 0.173. The van der Waals surface area contributed by atoms with Crippen molar-refractivity contribution in [2.75, 3.05) is 13.7 Å². The van der Waals surface area contributed by atoms with E-state index in [1.165, 1.54) is 19.3 Å². The standard InChI is InChI=1S/C21H28N2O2S/c1-4-25-18-11-9-16(10-12-18)21-22-17(14-26-21)13-20(24)23(3)19-8-6-5-7-15(19)2/h9-12,14-15,19H,4-8,13H2,1-3H3. The summed E-state index contributed by atoms with van der Waals surface area (Å²) in [6.07, 6.45) is 5.24. The van der Waals surface area contributed by atoms with Crippen molar-refractivity contribution in [3.63, 3.8) is 0 Å². The number of aromatic nitrogens is 1. The molecule has 26 heavy (non-hydrogen) atoms. The van der Waals surface area contributed by atoms with Gasteiger partial charge in [0.2, 0.25) is 5.91 Å². The molecule has 2 atom stereocenters. The summed E-state index contributed by atoms with van der Waals surface area (Å²) in [7, 11) is 1.95. The van der Waals surface area contributed by atoms with Crippen molar-refractivity contribution in [1.82, 2.24) is 9.88 Å². The number of likely N-dealkylation sites (N-methyl/N-ethyl adjacent to an activating group) is 1. The van der Waals surface area contributed by atoms with E-state index in [1.807, 2.05) is 48.5 Å². The first-order valence-electron chi connectivity index (χ1n) is 9.51. The Hall–Kier alpha value is -1.88. The molecule has 140 valence electrons. The predicted octanol–water partition coefficient (Wildman–Crippen LogP) is 4.79. The van der Waals surface area contributed by atoms with Crippen LogP contribution in [0.25, 0.3) is 10.6 Å². The van der Waals surface area contributed by atoms with Gasteiger partial charge in [-0.2, -0.15) is 0 Å². The molecule has 1 aromatic carbocycles. The molecule has 1 aliphatic carbocycles. The van der Waals surface area contributed by atoms with E-state index >= 15 is 0 Å². The molecule has 4 nitrogen and oxygen atoms in total. The molecule has 0 bridgehead atoms. The number of carbonyl (C=O) groups is 1. The largest absolute Gasteiger partial charge is 0.494 e. The highest BCUT2D eigenvalue weighted by Crippen LogP contribution is 2.29. The van der Waals surface area contributed by atoms with Crippen LogP contribution in [0.4, 0.5) is 0 Å². The third kappa shape index (κ3) is 4.44. The molecular weight excluding hydrogens is 344 g/mol. The Labute approximate surface area is 160 Å². The fraction of sp³-hybridized carbons (Fsp3) is 0.524. The van der Waals surface area contributed by atoms with Crippen molar-refractivity contribution < 1.29 is 9.53 Å². The number of benzene rings is 1. The van der Waals surface area contributed by atoms with Crippen LogP contribution in [0.5, 0.6) is 5.75 Å². The highest BCUT2D eigenvalue weighted by Gasteiger charge is 2.28. The van der Waals surface area contributed by atoms with Gasteiger partial charge in [0.05, 0.1) is 18.7 Å². The van der Waals surface area contributed by atoms with E-state index in [1.54, 1.807) is 11.3 Å². The van der Waals surface area contributed by atoms with Crippen molar-refractivity contribution in [1.29, 1.82) is 0 Å².